The number of carbonyl (C=O) groups excluding carboxylic acids is 2. The monoisotopic (exact) mass is 421 g/mol. The molecule has 0 radical (unpaired) electrons. The van der Waals surface area contributed by atoms with Crippen LogP contribution in [0, 0.1) is 5.92 Å². The van der Waals surface area contributed by atoms with Crippen molar-refractivity contribution in [1.29, 1.82) is 0 Å². The molecular weight excluding hydrogens is 394 g/mol. The van der Waals surface area contributed by atoms with Crippen LogP contribution in [-0.4, -0.2) is 77.0 Å². The highest BCUT2D eigenvalue weighted by Crippen LogP contribution is 2.42. The summed E-state index contributed by atoms with van der Waals surface area (Å²) >= 11 is 0. The van der Waals surface area contributed by atoms with E-state index in [1.54, 1.807) is 19.1 Å². The maximum Gasteiger partial charge on any atom is 0.321 e. The van der Waals surface area contributed by atoms with Crippen LogP contribution in [0.4, 0.5) is 0 Å². The summed E-state index contributed by atoms with van der Waals surface area (Å²) in [5.41, 5.74) is 0.572. The van der Waals surface area contributed by atoms with Crippen molar-refractivity contribution in [1.82, 2.24) is 10.2 Å². The predicted molar refractivity (Wildman–Crippen MR) is 107 cm³/mol. The summed E-state index contributed by atoms with van der Waals surface area (Å²) in [5, 5.41) is 2.75. The number of rotatable bonds is 6. The lowest BCUT2D eigenvalue weighted by molar-refractivity contribution is -0.153. The summed E-state index contributed by atoms with van der Waals surface area (Å²) in [6.07, 6.45) is 0. The first-order valence-electron chi connectivity index (χ1n) is 9.71. The molecule has 1 saturated heterocycles. The highest BCUT2D eigenvalue weighted by molar-refractivity contribution is 6.08. The number of nitrogens with one attached hydrogen (secondary N) is 1. The van der Waals surface area contributed by atoms with E-state index in [-0.39, 0.29) is 6.61 Å². The molecule has 2 aliphatic heterocycles. The smallest absolute Gasteiger partial charge is 0.321 e. The number of aliphatic imine (C=N–C) groups is 1. The minimum atomic E-state index is -1.14. The Kier molecular flexibility index (Phi) is 6.99. The van der Waals surface area contributed by atoms with Crippen LogP contribution in [-0.2, 0) is 19.1 Å². The summed E-state index contributed by atoms with van der Waals surface area (Å²) in [6.45, 7) is 4.09. The van der Waals surface area contributed by atoms with Gasteiger partial charge in [0.25, 0.3) is 0 Å². The number of methoxy groups -OCH3 is 3. The Morgan fingerprint density at radius 1 is 1.17 bits per heavy atom. The Morgan fingerprint density at radius 3 is 2.33 bits per heavy atom. The van der Waals surface area contributed by atoms with Gasteiger partial charge in [-0.1, -0.05) is 0 Å². The molecule has 30 heavy (non-hydrogen) atoms. The predicted octanol–water partition coefficient (Wildman–Crippen LogP) is 0.751. The average molecular weight is 421 g/mol. The zero-order chi connectivity index (χ0) is 21.7. The fourth-order valence-electron chi connectivity index (χ4n) is 3.51. The Labute approximate surface area is 175 Å². The van der Waals surface area contributed by atoms with Crippen LogP contribution in [0.1, 0.15) is 18.5 Å². The van der Waals surface area contributed by atoms with Gasteiger partial charge in [-0.25, -0.2) is 4.99 Å². The minimum Gasteiger partial charge on any atom is -0.493 e. The van der Waals surface area contributed by atoms with Crippen molar-refractivity contribution in [2.45, 2.75) is 13.0 Å². The Morgan fingerprint density at radius 2 is 1.80 bits per heavy atom. The van der Waals surface area contributed by atoms with Gasteiger partial charge in [-0.15, -0.1) is 0 Å². The van der Waals surface area contributed by atoms with E-state index in [9.17, 15) is 9.59 Å². The number of hydrogen-bond donors (Lipinski definition) is 1. The van der Waals surface area contributed by atoms with E-state index in [1.165, 1.54) is 21.3 Å². The van der Waals surface area contributed by atoms with Gasteiger partial charge in [0.15, 0.2) is 17.4 Å². The van der Waals surface area contributed by atoms with Crippen LogP contribution in [0.5, 0.6) is 17.2 Å². The molecule has 0 aromatic heterocycles. The Bertz CT molecular complexity index is 796. The van der Waals surface area contributed by atoms with E-state index in [0.717, 1.165) is 0 Å². The van der Waals surface area contributed by atoms with Gasteiger partial charge >= 0.3 is 5.97 Å². The summed E-state index contributed by atoms with van der Waals surface area (Å²) in [7, 11) is 4.50. The second kappa shape index (κ2) is 9.66. The lowest BCUT2D eigenvalue weighted by Crippen LogP contribution is -2.55. The summed E-state index contributed by atoms with van der Waals surface area (Å²) in [5.74, 6) is -0.622. The van der Waals surface area contributed by atoms with Gasteiger partial charge in [-0.3, -0.25) is 14.9 Å². The number of benzene rings is 1. The number of guanidine groups is 1. The van der Waals surface area contributed by atoms with E-state index in [0.29, 0.717) is 55.1 Å². The molecule has 2 atom stereocenters. The Hall–Kier alpha value is -3.01. The normalized spacial score (nSPS) is 21.4. The molecule has 0 bridgehead atoms. The number of carbonyl (C=O) groups is 2. The fraction of sp³-hybridized carbons (Fsp3) is 0.550. The molecule has 1 N–H and O–H groups in total. The lowest BCUT2D eigenvalue weighted by atomic mass is 9.91. The summed E-state index contributed by atoms with van der Waals surface area (Å²) in [6, 6.07) is 2.57. The third kappa shape index (κ3) is 4.28. The SMILES string of the molecule is CCOC(=O)[C@H]1C(=O)NC(N2CCOCC2)=N[C@@H]1c1cc(OC)c(OC)c(OC)c1. The molecule has 0 unspecified atom stereocenters. The molecule has 2 heterocycles. The van der Waals surface area contributed by atoms with Crippen molar-refractivity contribution < 1.29 is 33.3 Å². The molecule has 1 aromatic rings. The average Bonchev–Trinajstić information content (AvgIpc) is 2.78. The van der Waals surface area contributed by atoms with E-state index in [1.807, 2.05) is 4.90 Å². The van der Waals surface area contributed by atoms with Crippen LogP contribution >= 0.6 is 0 Å². The van der Waals surface area contributed by atoms with Crippen LogP contribution in [0.3, 0.4) is 0 Å². The van der Waals surface area contributed by atoms with Crippen molar-refractivity contribution in [3.05, 3.63) is 17.7 Å². The summed E-state index contributed by atoms with van der Waals surface area (Å²) in [4.78, 5) is 32.2. The first-order chi connectivity index (χ1) is 14.5. The first-order valence-corrected chi connectivity index (χ1v) is 9.71. The number of hydrogen-bond acceptors (Lipinski definition) is 9. The van der Waals surface area contributed by atoms with Gasteiger partial charge in [-0.2, -0.15) is 0 Å². The van der Waals surface area contributed by atoms with Gasteiger partial charge in [0.2, 0.25) is 17.6 Å². The number of amides is 1. The van der Waals surface area contributed by atoms with Gasteiger partial charge in [0.05, 0.1) is 41.2 Å². The van der Waals surface area contributed by atoms with Gasteiger partial charge < -0.3 is 28.6 Å². The van der Waals surface area contributed by atoms with Crippen molar-refractivity contribution in [2.24, 2.45) is 10.9 Å². The van der Waals surface area contributed by atoms with Crippen LogP contribution < -0.4 is 19.5 Å². The molecule has 3 rings (SSSR count). The lowest BCUT2D eigenvalue weighted by Gasteiger charge is -2.35. The molecular formula is C20H27N3O7. The minimum absolute atomic E-state index is 0.157. The third-order valence-corrected chi connectivity index (χ3v) is 4.97. The fourth-order valence-corrected chi connectivity index (χ4v) is 3.51. The van der Waals surface area contributed by atoms with Crippen LogP contribution in [0.25, 0.3) is 0 Å². The number of ether oxygens (including phenoxy) is 5. The standard InChI is InChI=1S/C20H27N3O7/c1-5-30-19(25)15-16(12-10-13(26-2)17(28-4)14(11-12)27-3)21-20(22-18(15)24)23-6-8-29-9-7-23/h10-11,15-16H,5-9H2,1-4H3,(H,21,22,24)/t15-,16-/m1/s1. The molecule has 0 saturated carbocycles. The maximum absolute atomic E-state index is 12.9. The van der Waals surface area contributed by atoms with E-state index < -0.39 is 23.8 Å². The number of nitrogens with zero attached hydrogens (tertiary/aromatic N) is 2. The van der Waals surface area contributed by atoms with Crippen LogP contribution in [0.15, 0.2) is 17.1 Å². The quantitative estimate of drug-likeness (QED) is 0.530. The van der Waals surface area contributed by atoms with E-state index >= 15 is 0 Å². The van der Waals surface area contributed by atoms with Gasteiger partial charge in [0.1, 0.15) is 6.04 Å². The highest BCUT2D eigenvalue weighted by Gasteiger charge is 2.42. The molecule has 2 aliphatic rings. The largest absolute Gasteiger partial charge is 0.493 e. The third-order valence-electron chi connectivity index (χ3n) is 4.97. The number of morpholine rings is 1. The van der Waals surface area contributed by atoms with Crippen molar-refractivity contribution >= 4 is 17.8 Å². The molecule has 10 heteroatoms. The van der Waals surface area contributed by atoms with Gasteiger partial charge in [-0.05, 0) is 24.6 Å². The molecule has 0 spiro atoms. The van der Waals surface area contributed by atoms with Crippen molar-refractivity contribution in [3.63, 3.8) is 0 Å². The number of esters is 1. The van der Waals surface area contributed by atoms with E-state index in [4.69, 9.17) is 28.7 Å². The molecule has 10 nitrogen and oxygen atoms in total. The zero-order valence-electron chi connectivity index (χ0n) is 17.6. The topological polar surface area (TPSA) is 108 Å². The first kappa shape index (κ1) is 21.7. The van der Waals surface area contributed by atoms with E-state index in [2.05, 4.69) is 5.32 Å². The zero-order valence-corrected chi connectivity index (χ0v) is 17.6. The second-order valence-electron chi connectivity index (χ2n) is 6.67. The summed E-state index contributed by atoms with van der Waals surface area (Å²) < 4.78 is 26.8. The van der Waals surface area contributed by atoms with Crippen molar-refractivity contribution in [3.8, 4) is 17.2 Å². The molecule has 1 aromatic carbocycles. The molecule has 1 fully saturated rings. The maximum atomic E-state index is 12.9. The van der Waals surface area contributed by atoms with Crippen LogP contribution in [0.2, 0.25) is 0 Å². The second-order valence-corrected chi connectivity index (χ2v) is 6.67. The highest BCUT2D eigenvalue weighted by atomic mass is 16.5. The van der Waals surface area contributed by atoms with Gasteiger partial charge in [0, 0.05) is 13.1 Å². The Balaban J connectivity index is 2.09. The molecule has 164 valence electrons. The molecule has 1 amide bonds. The molecule has 0 aliphatic carbocycles. The van der Waals surface area contributed by atoms with Crippen molar-refractivity contribution in [2.75, 3.05) is 54.2 Å².